The average Bonchev–Trinajstić information content (AvgIpc) is 3.07. The van der Waals surface area contributed by atoms with E-state index in [4.69, 9.17) is 0 Å². The summed E-state index contributed by atoms with van der Waals surface area (Å²) in [7, 11) is 0. The van der Waals surface area contributed by atoms with E-state index in [0.29, 0.717) is 0 Å². The van der Waals surface area contributed by atoms with Crippen molar-refractivity contribution in [2.45, 2.75) is 83.1 Å². The molecule has 3 aliphatic carbocycles. The molecular weight excluding hydrogens is 476 g/mol. The van der Waals surface area contributed by atoms with Crippen molar-refractivity contribution in [2.24, 2.45) is 0 Å². The van der Waals surface area contributed by atoms with Gasteiger partial charge in [0.15, 0.2) is 0 Å². The third-order valence-electron chi connectivity index (χ3n) is 6.54. The van der Waals surface area contributed by atoms with Crippen molar-refractivity contribution in [3.05, 3.63) is 90.3 Å². The summed E-state index contributed by atoms with van der Waals surface area (Å²) >= 11 is 0. The Labute approximate surface area is 220 Å². The predicted octanol–water partition coefficient (Wildman–Crippen LogP) is 7.75. The summed E-state index contributed by atoms with van der Waals surface area (Å²) in [5, 5.41) is 0. The van der Waals surface area contributed by atoms with Crippen LogP contribution in [0.15, 0.2) is 0 Å². The van der Waals surface area contributed by atoms with Gasteiger partial charge in [-0.1, -0.05) is 83.1 Å². The van der Waals surface area contributed by atoms with E-state index in [1.807, 2.05) is 0 Å². The molecule has 0 aliphatic heterocycles. The van der Waals surface area contributed by atoms with Crippen molar-refractivity contribution in [1.82, 2.24) is 0 Å². The maximum absolute atomic E-state index is 2.24. The molecule has 154 valence electrons. The average molecular weight is 516 g/mol. The maximum Gasteiger partial charge on any atom is 0 e. The minimum atomic E-state index is 0. The van der Waals surface area contributed by atoms with Gasteiger partial charge in [0.2, 0.25) is 0 Å². The van der Waals surface area contributed by atoms with E-state index < -0.39 is 0 Å². The summed E-state index contributed by atoms with van der Waals surface area (Å²) in [6.07, 6.45) is 6.72. The summed E-state index contributed by atoms with van der Waals surface area (Å²) in [6, 6.07) is 0. The van der Waals surface area contributed by atoms with Crippen LogP contribution in [0.4, 0.5) is 0 Å². The van der Waals surface area contributed by atoms with E-state index in [9.17, 15) is 0 Å². The molecule has 3 saturated carbocycles. The number of rotatable bonds is 0. The molecule has 0 spiro atoms. The van der Waals surface area contributed by atoms with Gasteiger partial charge in [0.05, 0.1) is 0 Å². The van der Waals surface area contributed by atoms with E-state index in [1.54, 1.807) is 0 Å². The summed E-state index contributed by atoms with van der Waals surface area (Å²) in [4.78, 5) is 0. The summed E-state index contributed by atoms with van der Waals surface area (Å²) in [5.41, 5.74) is 0. The van der Waals surface area contributed by atoms with Gasteiger partial charge >= 0.3 is 0 Å². The third kappa shape index (κ3) is 7.93. The van der Waals surface area contributed by atoms with Crippen molar-refractivity contribution in [2.75, 3.05) is 0 Å². The molecule has 0 saturated heterocycles. The molecule has 3 rings (SSSR count). The Hall–Kier alpha value is 1.58. The summed E-state index contributed by atoms with van der Waals surface area (Å²) in [5.74, 6) is 17.2. The van der Waals surface area contributed by atoms with Crippen LogP contribution < -0.4 is 0 Å². The van der Waals surface area contributed by atoms with Gasteiger partial charge in [-0.15, -0.1) is 0 Å². The molecule has 16 radical (unpaired) electrons. The molecular formula is C27H39Eu. The van der Waals surface area contributed by atoms with Crippen LogP contribution in [0.3, 0.4) is 0 Å². The van der Waals surface area contributed by atoms with Crippen LogP contribution in [0.5, 0.6) is 0 Å². The first-order chi connectivity index (χ1) is 12.4. The van der Waals surface area contributed by atoms with Gasteiger partial charge in [0.1, 0.15) is 0 Å². The topological polar surface area (TPSA) is 0 Å². The first-order valence-corrected chi connectivity index (χ1v) is 9.98. The fourth-order valence-corrected chi connectivity index (χ4v) is 3.40. The van der Waals surface area contributed by atoms with E-state index in [1.165, 1.54) is 71.0 Å². The van der Waals surface area contributed by atoms with Crippen molar-refractivity contribution >= 4 is 0 Å². The summed E-state index contributed by atoms with van der Waals surface area (Å²) < 4.78 is 0. The monoisotopic (exact) mass is 516 g/mol. The van der Waals surface area contributed by atoms with E-state index in [-0.39, 0.29) is 49.4 Å². The minimum absolute atomic E-state index is 0. The molecule has 0 N–H and O–H groups in total. The molecule has 0 atom stereocenters. The number of hydrogen-bond donors (Lipinski definition) is 0. The van der Waals surface area contributed by atoms with Crippen LogP contribution in [-0.4, -0.2) is 0 Å². The normalized spacial score (nSPS) is 27.0. The van der Waals surface area contributed by atoms with Gasteiger partial charge in [-0.25, -0.2) is 0 Å². The van der Waals surface area contributed by atoms with Crippen molar-refractivity contribution in [1.29, 1.82) is 0 Å². The second kappa shape index (κ2) is 13.2. The molecule has 1 heteroatoms. The van der Waals surface area contributed by atoms with Gasteiger partial charge in [-0.05, 0) is 90.3 Å². The fraction of sp³-hybridized carbons (Fsp3) is 0.444. The fourth-order valence-electron chi connectivity index (χ4n) is 3.40. The molecule has 0 aromatic rings. The zero-order chi connectivity index (χ0) is 21.0. The molecule has 0 aromatic carbocycles. The molecule has 0 nitrogen and oxygen atoms in total. The first-order valence-electron chi connectivity index (χ1n) is 9.98. The van der Waals surface area contributed by atoms with Crippen LogP contribution in [0, 0.1) is 140 Å². The Bertz CT molecular complexity index is 321. The van der Waals surface area contributed by atoms with Crippen LogP contribution in [-0.2, 0) is 0 Å². The Kier molecular flexibility index (Phi) is 14.0. The van der Waals surface area contributed by atoms with E-state index in [2.05, 4.69) is 102 Å². The second-order valence-electron chi connectivity index (χ2n) is 8.28. The molecule has 0 heterocycles. The standard InChI is InChI=1S/3C9H13.Eu/c3*1-6-5-7(2)9(4)8(6)3;/h3*5H,1-4H3;. The molecule has 0 amide bonds. The van der Waals surface area contributed by atoms with Crippen LogP contribution in [0.1, 0.15) is 83.1 Å². The van der Waals surface area contributed by atoms with E-state index in [0.717, 1.165) is 0 Å². The zero-order valence-corrected chi connectivity index (χ0v) is 22.5. The largest absolute Gasteiger partial charge is 0.0582 e. The van der Waals surface area contributed by atoms with Gasteiger partial charge in [0.25, 0.3) is 0 Å². The smallest absolute Gasteiger partial charge is 0 e. The van der Waals surface area contributed by atoms with Gasteiger partial charge in [-0.2, -0.15) is 0 Å². The van der Waals surface area contributed by atoms with Gasteiger partial charge in [-0.3, -0.25) is 0 Å². The molecule has 0 unspecified atom stereocenters. The Balaban J connectivity index is 0.000000384. The van der Waals surface area contributed by atoms with Crippen LogP contribution >= 0.6 is 0 Å². The van der Waals surface area contributed by atoms with Crippen molar-refractivity contribution in [3.63, 3.8) is 0 Å². The Morgan fingerprint density at radius 3 is 0.429 bits per heavy atom. The van der Waals surface area contributed by atoms with Crippen LogP contribution in [0.2, 0.25) is 0 Å². The summed E-state index contributed by atoms with van der Waals surface area (Å²) in [6.45, 7) is 26.0. The molecule has 28 heavy (non-hydrogen) atoms. The first kappa shape index (κ1) is 29.6. The van der Waals surface area contributed by atoms with E-state index >= 15 is 0 Å². The predicted molar refractivity (Wildman–Crippen MR) is 120 cm³/mol. The molecule has 3 aliphatic rings. The number of hydrogen-bond acceptors (Lipinski definition) is 0. The Morgan fingerprint density at radius 2 is 0.393 bits per heavy atom. The third-order valence-corrected chi connectivity index (χ3v) is 6.54. The SMILES string of the molecule is C[C]1[CH][C](C)[C](C)[C]1C.C[C]1[CH][C](C)[C](C)[C]1C.C[C]1[CH][C](C)[C](C)[C]1C.[Eu]. The zero-order valence-electron chi connectivity index (χ0n) is 20.1. The van der Waals surface area contributed by atoms with Crippen molar-refractivity contribution < 1.29 is 49.4 Å². The van der Waals surface area contributed by atoms with Crippen molar-refractivity contribution in [3.8, 4) is 0 Å². The Morgan fingerprint density at radius 1 is 0.286 bits per heavy atom. The van der Waals surface area contributed by atoms with Crippen LogP contribution in [0.25, 0.3) is 0 Å². The quantitative estimate of drug-likeness (QED) is 0.310. The molecule has 3 fully saturated rings. The van der Waals surface area contributed by atoms with Gasteiger partial charge in [0, 0.05) is 49.4 Å². The molecule has 0 aromatic heterocycles. The minimum Gasteiger partial charge on any atom is -0.0582 e. The second-order valence-corrected chi connectivity index (χ2v) is 8.28. The maximum atomic E-state index is 2.24. The molecule has 0 bridgehead atoms. The van der Waals surface area contributed by atoms with Gasteiger partial charge < -0.3 is 0 Å².